The van der Waals surface area contributed by atoms with Gasteiger partial charge in [0.2, 0.25) is 5.91 Å². The molecule has 0 aliphatic carbocycles. The summed E-state index contributed by atoms with van der Waals surface area (Å²) in [7, 11) is 0. The van der Waals surface area contributed by atoms with E-state index in [1.54, 1.807) is 24.7 Å². The standard InChI is InChI=1S/C17H16ClN5O2/c18-11-8-22-16-10(3-4-20-16)14(11)9-6-12(21-7-9)17(25)23-5-1-2-13(23)15(19)24/h3-4,6-8,13,21H,1-2,5H2,(H2,19,24)(H,20,22). The van der Waals surface area contributed by atoms with E-state index in [4.69, 9.17) is 17.3 Å². The van der Waals surface area contributed by atoms with Gasteiger partial charge in [-0.15, -0.1) is 0 Å². The van der Waals surface area contributed by atoms with E-state index < -0.39 is 11.9 Å². The lowest BCUT2D eigenvalue weighted by Crippen LogP contribution is -2.43. The first kappa shape index (κ1) is 15.7. The largest absolute Gasteiger partial charge is 0.368 e. The Morgan fingerprint density at radius 3 is 3.00 bits per heavy atom. The number of pyridine rings is 1. The van der Waals surface area contributed by atoms with Crippen LogP contribution in [0.5, 0.6) is 0 Å². The number of amides is 2. The second-order valence-corrected chi connectivity index (χ2v) is 6.49. The number of nitrogens with zero attached hydrogens (tertiary/aromatic N) is 2. The zero-order valence-corrected chi connectivity index (χ0v) is 14.0. The molecule has 3 aromatic rings. The number of nitrogens with two attached hydrogens (primary N) is 1. The Labute approximate surface area is 148 Å². The van der Waals surface area contributed by atoms with Gasteiger partial charge in [0.1, 0.15) is 17.4 Å². The van der Waals surface area contributed by atoms with Crippen molar-refractivity contribution in [2.45, 2.75) is 18.9 Å². The third-order valence-electron chi connectivity index (χ3n) is 4.58. The lowest BCUT2D eigenvalue weighted by atomic mass is 10.1. The molecule has 1 atom stereocenters. The van der Waals surface area contributed by atoms with Gasteiger partial charge in [-0.25, -0.2) is 4.98 Å². The summed E-state index contributed by atoms with van der Waals surface area (Å²) in [6.07, 6.45) is 6.48. The van der Waals surface area contributed by atoms with Crippen LogP contribution in [0, 0.1) is 0 Å². The molecule has 1 saturated heterocycles. The van der Waals surface area contributed by atoms with Crippen molar-refractivity contribution >= 4 is 34.4 Å². The number of carbonyl (C=O) groups is 2. The second-order valence-electron chi connectivity index (χ2n) is 6.08. The topological polar surface area (TPSA) is 108 Å². The summed E-state index contributed by atoms with van der Waals surface area (Å²) >= 11 is 6.33. The van der Waals surface area contributed by atoms with Crippen molar-refractivity contribution < 1.29 is 9.59 Å². The molecule has 3 aromatic heterocycles. The molecule has 7 nitrogen and oxygen atoms in total. The summed E-state index contributed by atoms with van der Waals surface area (Å²) in [5.41, 5.74) is 8.12. The summed E-state index contributed by atoms with van der Waals surface area (Å²) in [6, 6.07) is 3.09. The second kappa shape index (κ2) is 5.93. The first-order chi connectivity index (χ1) is 12.1. The molecule has 4 heterocycles. The summed E-state index contributed by atoms with van der Waals surface area (Å²) in [5, 5.41) is 1.38. The molecular formula is C17H16ClN5O2. The number of hydrogen-bond acceptors (Lipinski definition) is 3. The van der Waals surface area contributed by atoms with Gasteiger partial charge in [0.05, 0.1) is 5.02 Å². The Balaban J connectivity index is 1.70. The van der Waals surface area contributed by atoms with Crippen LogP contribution < -0.4 is 5.73 Å². The number of primary amides is 1. The summed E-state index contributed by atoms with van der Waals surface area (Å²) < 4.78 is 0. The number of aromatic nitrogens is 3. The van der Waals surface area contributed by atoms with Crippen LogP contribution in [0.25, 0.3) is 22.2 Å². The first-order valence-corrected chi connectivity index (χ1v) is 8.34. The molecule has 25 heavy (non-hydrogen) atoms. The molecule has 0 radical (unpaired) electrons. The van der Waals surface area contributed by atoms with Crippen molar-refractivity contribution in [1.29, 1.82) is 0 Å². The van der Waals surface area contributed by atoms with E-state index in [9.17, 15) is 9.59 Å². The monoisotopic (exact) mass is 357 g/mol. The van der Waals surface area contributed by atoms with Crippen LogP contribution in [-0.2, 0) is 4.79 Å². The van der Waals surface area contributed by atoms with Gasteiger partial charge in [0.25, 0.3) is 5.91 Å². The molecule has 8 heteroatoms. The van der Waals surface area contributed by atoms with E-state index in [2.05, 4.69) is 15.0 Å². The van der Waals surface area contributed by atoms with Crippen molar-refractivity contribution in [3.8, 4) is 11.1 Å². The van der Waals surface area contributed by atoms with Gasteiger partial charge in [0, 0.05) is 41.6 Å². The van der Waals surface area contributed by atoms with E-state index in [1.165, 1.54) is 4.90 Å². The molecule has 0 spiro atoms. The van der Waals surface area contributed by atoms with E-state index in [0.717, 1.165) is 28.6 Å². The van der Waals surface area contributed by atoms with Gasteiger partial charge >= 0.3 is 0 Å². The number of hydrogen-bond donors (Lipinski definition) is 3. The number of rotatable bonds is 3. The number of aromatic amines is 2. The zero-order valence-electron chi connectivity index (χ0n) is 13.3. The summed E-state index contributed by atoms with van der Waals surface area (Å²) in [6.45, 7) is 0.527. The number of likely N-dealkylation sites (tertiary alicyclic amines) is 1. The molecule has 1 unspecified atom stereocenters. The Kier molecular flexibility index (Phi) is 3.73. The predicted molar refractivity (Wildman–Crippen MR) is 94.1 cm³/mol. The van der Waals surface area contributed by atoms with Crippen LogP contribution in [-0.4, -0.2) is 44.3 Å². The normalized spacial score (nSPS) is 17.3. The van der Waals surface area contributed by atoms with Crippen LogP contribution in [0.2, 0.25) is 5.02 Å². The Morgan fingerprint density at radius 2 is 2.20 bits per heavy atom. The van der Waals surface area contributed by atoms with Gasteiger partial charge < -0.3 is 20.6 Å². The molecule has 128 valence electrons. The van der Waals surface area contributed by atoms with Crippen LogP contribution in [0.4, 0.5) is 0 Å². The number of halogens is 1. The molecule has 2 amide bonds. The average molecular weight is 358 g/mol. The molecule has 4 N–H and O–H groups in total. The third-order valence-corrected chi connectivity index (χ3v) is 4.87. The maximum absolute atomic E-state index is 12.7. The van der Waals surface area contributed by atoms with E-state index in [-0.39, 0.29) is 5.91 Å². The van der Waals surface area contributed by atoms with Gasteiger partial charge in [-0.2, -0.15) is 0 Å². The fourth-order valence-electron chi connectivity index (χ4n) is 3.40. The zero-order chi connectivity index (χ0) is 17.6. The molecule has 0 saturated carbocycles. The van der Waals surface area contributed by atoms with E-state index >= 15 is 0 Å². The minimum Gasteiger partial charge on any atom is -0.368 e. The van der Waals surface area contributed by atoms with Crippen LogP contribution in [0.3, 0.4) is 0 Å². The molecule has 1 fully saturated rings. The highest BCUT2D eigenvalue weighted by Crippen LogP contribution is 2.34. The summed E-state index contributed by atoms with van der Waals surface area (Å²) in [4.78, 5) is 36.1. The number of H-pyrrole nitrogens is 2. The minimum absolute atomic E-state index is 0.233. The van der Waals surface area contributed by atoms with Crippen LogP contribution >= 0.6 is 11.6 Å². The molecule has 4 rings (SSSR count). The SMILES string of the molecule is NC(=O)C1CCCN1C(=O)c1cc(-c2c(Cl)cnc3[nH]ccc23)c[nH]1. The Hall–Kier alpha value is -2.80. The molecule has 0 aromatic carbocycles. The molecular weight excluding hydrogens is 342 g/mol. The Bertz CT molecular complexity index is 976. The van der Waals surface area contributed by atoms with Gasteiger partial charge in [-0.3, -0.25) is 9.59 Å². The highest BCUT2D eigenvalue weighted by Gasteiger charge is 2.33. The number of nitrogens with one attached hydrogen (secondary N) is 2. The van der Waals surface area contributed by atoms with Crippen LogP contribution in [0.1, 0.15) is 23.3 Å². The van der Waals surface area contributed by atoms with Gasteiger partial charge in [-0.05, 0) is 25.0 Å². The van der Waals surface area contributed by atoms with Crippen molar-refractivity contribution in [3.05, 3.63) is 41.4 Å². The lowest BCUT2D eigenvalue weighted by Gasteiger charge is -2.21. The minimum atomic E-state index is -0.542. The quantitative estimate of drug-likeness (QED) is 0.669. The van der Waals surface area contributed by atoms with Crippen molar-refractivity contribution in [1.82, 2.24) is 19.9 Å². The fourth-order valence-corrected chi connectivity index (χ4v) is 3.66. The van der Waals surface area contributed by atoms with Crippen LogP contribution in [0.15, 0.2) is 30.7 Å². The maximum Gasteiger partial charge on any atom is 0.270 e. The Morgan fingerprint density at radius 1 is 1.36 bits per heavy atom. The molecule has 0 bridgehead atoms. The molecule has 1 aliphatic heterocycles. The number of carbonyl (C=O) groups excluding carboxylic acids is 2. The van der Waals surface area contributed by atoms with E-state index in [0.29, 0.717) is 23.7 Å². The summed E-state index contributed by atoms with van der Waals surface area (Å²) in [5.74, 6) is -0.702. The van der Waals surface area contributed by atoms with E-state index in [1.807, 2.05) is 6.07 Å². The predicted octanol–water partition coefficient (Wildman–Crippen LogP) is 2.30. The smallest absolute Gasteiger partial charge is 0.270 e. The molecule has 1 aliphatic rings. The lowest BCUT2D eigenvalue weighted by molar-refractivity contribution is -0.121. The van der Waals surface area contributed by atoms with Gasteiger partial charge in [-0.1, -0.05) is 11.6 Å². The van der Waals surface area contributed by atoms with Gasteiger partial charge in [0.15, 0.2) is 0 Å². The highest BCUT2D eigenvalue weighted by atomic mass is 35.5. The third kappa shape index (κ3) is 2.56. The van der Waals surface area contributed by atoms with Crippen molar-refractivity contribution in [2.24, 2.45) is 5.73 Å². The maximum atomic E-state index is 12.7. The van der Waals surface area contributed by atoms with Crippen molar-refractivity contribution in [3.63, 3.8) is 0 Å². The highest BCUT2D eigenvalue weighted by molar-refractivity contribution is 6.34. The fraction of sp³-hybridized carbons (Fsp3) is 0.235. The average Bonchev–Trinajstić information content (AvgIpc) is 3.33. The van der Waals surface area contributed by atoms with Crippen molar-refractivity contribution in [2.75, 3.05) is 6.54 Å². The first-order valence-electron chi connectivity index (χ1n) is 7.97. The number of fused-ring (bicyclic) bond motifs is 1.